The Morgan fingerprint density at radius 3 is 1.76 bits per heavy atom. The second kappa shape index (κ2) is 9.36. The topological polar surface area (TPSA) is 50.7 Å². The van der Waals surface area contributed by atoms with Crippen molar-refractivity contribution in [3.8, 4) is 11.1 Å². The summed E-state index contributed by atoms with van der Waals surface area (Å²) in [5, 5.41) is 0. The van der Waals surface area contributed by atoms with E-state index in [0.29, 0.717) is 11.7 Å². The van der Waals surface area contributed by atoms with E-state index in [9.17, 15) is 0 Å². The van der Waals surface area contributed by atoms with Gasteiger partial charge in [-0.1, -0.05) is 133 Å². The maximum absolute atomic E-state index is 6.45. The van der Waals surface area contributed by atoms with Gasteiger partial charge in [0, 0.05) is 18.2 Å². The molecule has 0 saturated heterocycles. The molecule has 0 aliphatic heterocycles. The summed E-state index contributed by atoms with van der Waals surface area (Å²) in [6.45, 7) is 0. The fourth-order valence-corrected chi connectivity index (χ4v) is 5.70. The fourth-order valence-electron chi connectivity index (χ4n) is 5.70. The van der Waals surface area contributed by atoms with Gasteiger partial charge >= 0.3 is 0 Å². The van der Waals surface area contributed by atoms with Gasteiger partial charge in [-0.2, -0.15) is 0 Å². The van der Waals surface area contributed by atoms with Crippen LogP contribution in [0.4, 0.5) is 0 Å². The van der Waals surface area contributed by atoms with Gasteiger partial charge in [0.05, 0.1) is 5.41 Å². The van der Waals surface area contributed by atoms with Crippen LogP contribution in [-0.2, 0) is 5.41 Å². The zero-order chi connectivity index (χ0) is 25.2. The number of rotatable bonds is 4. The highest BCUT2D eigenvalue weighted by Crippen LogP contribution is 2.56. The number of nitrogens with zero attached hydrogens (tertiary/aromatic N) is 2. The highest BCUT2D eigenvalue weighted by molar-refractivity contribution is 6.14. The molecule has 0 heterocycles. The van der Waals surface area contributed by atoms with Gasteiger partial charge in [0.1, 0.15) is 5.84 Å². The molecule has 3 nitrogen and oxygen atoms in total. The van der Waals surface area contributed by atoms with Gasteiger partial charge in [-0.3, -0.25) is 4.99 Å². The van der Waals surface area contributed by atoms with Crippen molar-refractivity contribution in [3.05, 3.63) is 167 Å². The van der Waals surface area contributed by atoms with E-state index in [1.54, 1.807) is 7.05 Å². The van der Waals surface area contributed by atoms with Crippen molar-refractivity contribution in [1.29, 1.82) is 0 Å². The van der Waals surface area contributed by atoms with Crippen LogP contribution >= 0.6 is 0 Å². The number of aliphatic imine (C=N–C) groups is 2. The molecule has 0 fully saturated rings. The molecular formula is C34H27N3. The van der Waals surface area contributed by atoms with Gasteiger partial charge in [-0.05, 0) is 33.4 Å². The lowest BCUT2D eigenvalue weighted by Gasteiger charge is -2.33. The van der Waals surface area contributed by atoms with E-state index in [1.807, 2.05) is 30.3 Å². The SMILES string of the molecule is CN=C(N=C(N)c1ccccc1)c1cccc2c1-c1ccccc1C2(c1ccccc1)c1ccccc1. The van der Waals surface area contributed by atoms with Crippen LogP contribution in [-0.4, -0.2) is 18.7 Å². The first kappa shape index (κ1) is 22.7. The van der Waals surface area contributed by atoms with Gasteiger partial charge in [0.2, 0.25) is 0 Å². The average molecular weight is 478 g/mol. The zero-order valence-electron chi connectivity index (χ0n) is 20.7. The van der Waals surface area contributed by atoms with Gasteiger partial charge < -0.3 is 5.73 Å². The summed E-state index contributed by atoms with van der Waals surface area (Å²) in [5.74, 6) is 1.06. The lowest BCUT2D eigenvalue weighted by atomic mass is 9.67. The summed E-state index contributed by atoms with van der Waals surface area (Å²) < 4.78 is 0. The third-order valence-electron chi connectivity index (χ3n) is 7.23. The van der Waals surface area contributed by atoms with Crippen molar-refractivity contribution in [2.24, 2.45) is 15.7 Å². The molecule has 0 radical (unpaired) electrons. The zero-order valence-corrected chi connectivity index (χ0v) is 20.7. The molecule has 178 valence electrons. The molecule has 6 rings (SSSR count). The molecule has 5 aromatic carbocycles. The molecular weight excluding hydrogens is 450 g/mol. The van der Waals surface area contributed by atoms with E-state index < -0.39 is 5.41 Å². The van der Waals surface area contributed by atoms with E-state index in [4.69, 9.17) is 10.7 Å². The van der Waals surface area contributed by atoms with E-state index in [1.165, 1.54) is 27.8 Å². The number of nitrogens with two attached hydrogens (primary N) is 1. The third kappa shape index (κ3) is 3.59. The van der Waals surface area contributed by atoms with Crippen molar-refractivity contribution in [2.75, 3.05) is 7.05 Å². The van der Waals surface area contributed by atoms with Crippen molar-refractivity contribution in [1.82, 2.24) is 0 Å². The normalized spacial score (nSPS) is 14.2. The largest absolute Gasteiger partial charge is 0.383 e. The Balaban J connectivity index is 1.66. The number of benzene rings is 5. The lowest BCUT2D eigenvalue weighted by molar-refractivity contribution is 0.768. The Labute approximate surface area is 217 Å². The molecule has 0 spiro atoms. The second-order valence-corrected chi connectivity index (χ2v) is 9.17. The summed E-state index contributed by atoms with van der Waals surface area (Å²) in [6, 6.07) is 46.5. The maximum Gasteiger partial charge on any atom is 0.157 e. The third-order valence-corrected chi connectivity index (χ3v) is 7.23. The molecule has 0 unspecified atom stereocenters. The Bertz CT molecular complexity index is 1580. The van der Waals surface area contributed by atoms with E-state index >= 15 is 0 Å². The van der Waals surface area contributed by atoms with Crippen molar-refractivity contribution >= 4 is 11.7 Å². The van der Waals surface area contributed by atoms with Crippen LogP contribution < -0.4 is 5.73 Å². The Kier molecular flexibility index (Phi) is 5.74. The van der Waals surface area contributed by atoms with Gasteiger partial charge in [0.15, 0.2) is 5.84 Å². The van der Waals surface area contributed by atoms with Crippen molar-refractivity contribution in [2.45, 2.75) is 5.41 Å². The lowest BCUT2D eigenvalue weighted by Crippen LogP contribution is -2.28. The first-order valence-corrected chi connectivity index (χ1v) is 12.5. The van der Waals surface area contributed by atoms with Gasteiger partial charge in [0.25, 0.3) is 0 Å². The van der Waals surface area contributed by atoms with Crippen LogP contribution in [0.25, 0.3) is 11.1 Å². The minimum Gasteiger partial charge on any atom is -0.383 e. The molecule has 1 aliphatic carbocycles. The van der Waals surface area contributed by atoms with Gasteiger partial charge in [-0.15, -0.1) is 0 Å². The number of hydrogen-bond acceptors (Lipinski definition) is 1. The second-order valence-electron chi connectivity index (χ2n) is 9.17. The fraction of sp³-hybridized carbons (Fsp3) is 0.0588. The molecule has 3 heteroatoms. The first-order valence-electron chi connectivity index (χ1n) is 12.5. The van der Waals surface area contributed by atoms with Crippen LogP contribution in [0.5, 0.6) is 0 Å². The minimum atomic E-state index is -0.460. The number of amidine groups is 2. The summed E-state index contributed by atoms with van der Waals surface area (Å²) in [6.07, 6.45) is 0. The first-order chi connectivity index (χ1) is 18.2. The summed E-state index contributed by atoms with van der Waals surface area (Å²) >= 11 is 0. The predicted molar refractivity (Wildman–Crippen MR) is 153 cm³/mol. The summed E-state index contributed by atoms with van der Waals surface area (Å²) in [7, 11) is 1.78. The highest BCUT2D eigenvalue weighted by atomic mass is 15.0. The molecule has 0 aromatic heterocycles. The maximum atomic E-state index is 6.45. The monoisotopic (exact) mass is 477 g/mol. The van der Waals surface area contributed by atoms with Crippen LogP contribution in [0.1, 0.15) is 33.4 Å². The molecule has 0 saturated carbocycles. The molecule has 5 aromatic rings. The number of fused-ring (bicyclic) bond motifs is 3. The molecule has 0 bridgehead atoms. The predicted octanol–water partition coefficient (Wildman–Crippen LogP) is 6.83. The smallest absolute Gasteiger partial charge is 0.157 e. The molecule has 2 N–H and O–H groups in total. The molecule has 0 atom stereocenters. The Morgan fingerprint density at radius 2 is 1.14 bits per heavy atom. The summed E-state index contributed by atoms with van der Waals surface area (Å²) in [4.78, 5) is 9.44. The molecule has 0 amide bonds. The van der Waals surface area contributed by atoms with Crippen LogP contribution in [0, 0.1) is 0 Å². The molecule has 1 aliphatic rings. The van der Waals surface area contributed by atoms with Crippen LogP contribution in [0.2, 0.25) is 0 Å². The van der Waals surface area contributed by atoms with Crippen molar-refractivity contribution < 1.29 is 0 Å². The van der Waals surface area contributed by atoms with E-state index in [-0.39, 0.29) is 0 Å². The molecule has 37 heavy (non-hydrogen) atoms. The average Bonchev–Trinajstić information content (AvgIpc) is 3.28. The van der Waals surface area contributed by atoms with Crippen molar-refractivity contribution in [3.63, 3.8) is 0 Å². The Hall–Kier alpha value is -4.76. The minimum absolute atomic E-state index is 0.447. The quantitative estimate of drug-likeness (QED) is 0.220. The van der Waals surface area contributed by atoms with E-state index in [0.717, 1.165) is 16.7 Å². The van der Waals surface area contributed by atoms with Crippen LogP contribution in [0.3, 0.4) is 0 Å². The Morgan fingerprint density at radius 1 is 0.595 bits per heavy atom. The highest BCUT2D eigenvalue weighted by Gasteiger charge is 2.46. The number of hydrogen-bond donors (Lipinski definition) is 1. The van der Waals surface area contributed by atoms with Gasteiger partial charge in [-0.25, -0.2) is 4.99 Å². The summed E-state index contributed by atoms with van der Waals surface area (Å²) in [5.41, 5.74) is 15.1. The van der Waals surface area contributed by atoms with E-state index in [2.05, 4.69) is 108 Å². The van der Waals surface area contributed by atoms with Crippen LogP contribution in [0.15, 0.2) is 143 Å². The standard InChI is InChI=1S/C34H27N3/c1-36-33(37-32(35)24-14-5-2-6-15-24)28-21-13-23-30-31(28)27-20-11-12-22-29(27)34(30,25-16-7-3-8-17-25)26-18-9-4-10-19-26/h2-23H,1H3,(H2,35,36,37).